The molecule has 6 heteroatoms. The molecule has 0 saturated carbocycles. The first-order valence-electron chi connectivity index (χ1n) is 9.65. The number of aromatic hydroxyl groups is 2. The number of carbonyl (C=O) groups excluding carboxylic acids is 1. The molecule has 2 rings (SSSR count). The molecule has 0 saturated heterocycles. The van der Waals surface area contributed by atoms with Crippen molar-refractivity contribution in [2.45, 2.75) is 33.4 Å². The van der Waals surface area contributed by atoms with E-state index in [4.69, 9.17) is 0 Å². The lowest BCUT2D eigenvalue weighted by molar-refractivity contribution is -0.121. The molecule has 0 atom stereocenters. The maximum Gasteiger partial charge on any atom is 0.219 e. The lowest BCUT2D eigenvalue weighted by Crippen LogP contribution is -2.47. The van der Waals surface area contributed by atoms with E-state index in [1.165, 1.54) is 0 Å². The van der Waals surface area contributed by atoms with Crippen LogP contribution in [0.2, 0.25) is 0 Å². The number of carbonyl (C=O) groups is 1. The van der Waals surface area contributed by atoms with Gasteiger partial charge in [-0.15, -0.1) is 0 Å². The predicted molar refractivity (Wildman–Crippen MR) is 111 cm³/mol. The number of phenolic OH excluding ortho intramolecular Hbond substituents is 2. The van der Waals surface area contributed by atoms with Crippen molar-refractivity contribution in [1.29, 1.82) is 0 Å². The van der Waals surface area contributed by atoms with Crippen molar-refractivity contribution in [1.82, 2.24) is 16.0 Å². The zero-order chi connectivity index (χ0) is 20.4. The molecule has 2 aromatic carbocycles. The monoisotopic (exact) mass is 385 g/mol. The number of hydrogen-bond donors (Lipinski definition) is 5. The van der Waals surface area contributed by atoms with E-state index >= 15 is 0 Å². The molecule has 5 N–H and O–H groups in total. The van der Waals surface area contributed by atoms with E-state index < -0.39 is 0 Å². The molecule has 0 aliphatic carbocycles. The number of phenols is 2. The minimum absolute atomic E-state index is 0.0210. The second kappa shape index (κ2) is 10.7. The van der Waals surface area contributed by atoms with Crippen LogP contribution in [0.4, 0.5) is 0 Å². The molecule has 0 aromatic heterocycles. The summed E-state index contributed by atoms with van der Waals surface area (Å²) in [5.74, 6) is 0.565. The fourth-order valence-corrected chi connectivity index (χ4v) is 2.94. The van der Waals surface area contributed by atoms with Crippen LogP contribution in [-0.4, -0.2) is 35.8 Å². The zero-order valence-corrected chi connectivity index (χ0v) is 16.7. The molecule has 2 aromatic rings. The van der Waals surface area contributed by atoms with Gasteiger partial charge in [-0.1, -0.05) is 50.2 Å². The summed E-state index contributed by atoms with van der Waals surface area (Å²) >= 11 is 0. The molecule has 0 aliphatic heterocycles. The molecule has 0 fully saturated rings. The summed E-state index contributed by atoms with van der Waals surface area (Å²) in [5, 5.41) is 29.6. The van der Waals surface area contributed by atoms with Crippen molar-refractivity contribution in [2.24, 2.45) is 5.41 Å². The van der Waals surface area contributed by atoms with Crippen LogP contribution < -0.4 is 16.0 Å². The number of benzene rings is 2. The Balaban J connectivity index is 1.92. The fraction of sp³-hybridized carbons (Fsp3) is 0.409. The molecule has 6 nitrogen and oxygen atoms in total. The van der Waals surface area contributed by atoms with Crippen molar-refractivity contribution in [3.8, 4) is 11.5 Å². The van der Waals surface area contributed by atoms with E-state index in [0.717, 1.165) is 11.1 Å². The van der Waals surface area contributed by atoms with E-state index in [-0.39, 0.29) is 22.8 Å². The average molecular weight is 386 g/mol. The van der Waals surface area contributed by atoms with Gasteiger partial charge in [0.25, 0.3) is 0 Å². The summed E-state index contributed by atoms with van der Waals surface area (Å²) < 4.78 is 0. The highest BCUT2D eigenvalue weighted by molar-refractivity contribution is 5.75. The lowest BCUT2D eigenvalue weighted by atomic mass is 9.89. The lowest BCUT2D eigenvalue weighted by Gasteiger charge is -2.31. The van der Waals surface area contributed by atoms with E-state index in [0.29, 0.717) is 39.1 Å². The topological polar surface area (TPSA) is 93.6 Å². The van der Waals surface area contributed by atoms with E-state index in [9.17, 15) is 15.0 Å². The molecule has 28 heavy (non-hydrogen) atoms. The van der Waals surface area contributed by atoms with Crippen molar-refractivity contribution >= 4 is 5.91 Å². The largest absolute Gasteiger partial charge is 0.508 e. The van der Waals surface area contributed by atoms with Crippen molar-refractivity contribution < 1.29 is 15.0 Å². The zero-order valence-electron chi connectivity index (χ0n) is 16.7. The van der Waals surface area contributed by atoms with Crippen LogP contribution in [0.5, 0.6) is 11.5 Å². The summed E-state index contributed by atoms with van der Waals surface area (Å²) in [6.45, 7) is 6.85. The molecular weight excluding hydrogens is 354 g/mol. The molecule has 0 bridgehead atoms. The Morgan fingerprint density at radius 3 is 1.75 bits per heavy atom. The maximum absolute atomic E-state index is 11.7. The highest BCUT2D eigenvalue weighted by atomic mass is 16.3. The van der Waals surface area contributed by atoms with Crippen molar-refractivity contribution in [3.63, 3.8) is 0 Å². The fourth-order valence-electron chi connectivity index (χ4n) is 2.94. The van der Waals surface area contributed by atoms with Gasteiger partial charge < -0.3 is 26.2 Å². The average Bonchev–Trinajstić information content (AvgIpc) is 2.69. The molecule has 1 amide bonds. The van der Waals surface area contributed by atoms with Crippen LogP contribution in [0.1, 0.15) is 31.4 Å². The minimum atomic E-state index is -0.236. The molecular formula is C22H31N3O3. The van der Waals surface area contributed by atoms with Crippen molar-refractivity contribution in [2.75, 3.05) is 19.6 Å². The van der Waals surface area contributed by atoms with Gasteiger partial charge in [0.05, 0.1) is 0 Å². The third-order valence-electron chi connectivity index (χ3n) is 4.75. The second-order valence-electron chi connectivity index (χ2n) is 7.41. The summed E-state index contributed by atoms with van der Waals surface area (Å²) in [4.78, 5) is 11.7. The third kappa shape index (κ3) is 6.87. The quantitative estimate of drug-likeness (QED) is 0.410. The number of hydrogen-bond acceptors (Lipinski definition) is 5. The normalized spacial score (nSPS) is 11.4. The Bertz CT molecular complexity index is 713. The van der Waals surface area contributed by atoms with Crippen LogP contribution in [0.3, 0.4) is 0 Å². The van der Waals surface area contributed by atoms with Gasteiger partial charge in [0, 0.05) is 55.7 Å². The van der Waals surface area contributed by atoms with Crippen LogP contribution in [0, 0.1) is 5.41 Å². The molecule has 0 unspecified atom stereocenters. The van der Waals surface area contributed by atoms with Crippen LogP contribution in [-0.2, 0) is 17.9 Å². The molecule has 0 radical (unpaired) electrons. The van der Waals surface area contributed by atoms with Crippen LogP contribution >= 0.6 is 0 Å². The van der Waals surface area contributed by atoms with Gasteiger partial charge in [-0.3, -0.25) is 4.79 Å². The molecule has 152 valence electrons. The van der Waals surface area contributed by atoms with E-state index in [1.54, 1.807) is 24.3 Å². The minimum Gasteiger partial charge on any atom is -0.508 e. The summed E-state index contributed by atoms with van der Waals surface area (Å²) in [7, 11) is 0. The highest BCUT2D eigenvalue weighted by Crippen LogP contribution is 2.19. The number of amides is 1. The Morgan fingerprint density at radius 1 is 0.857 bits per heavy atom. The third-order valence-corrected chi connectivity index (χ3v) is 4.75. The van der Waals surface area contributed by atoms with E-state index in [2.05, 4.69) is 22.9 Å². The first kappa shape index (κ1) is 21.7. The standard InChI is InChI=1S/C22H31N3O3/c1-3-21(28)25-16-22(2,14-23-12-17-8-4-6-10-19(17)26)15-24-13-18-9-5-7-11-20(18)27/h4-11,23-24,26-27H,3,12-16H2,1-2H3,(H,25,28). The Labute approximate surface area is 167 Å². The van der Waals surface area contributed by atoms with Crippen LogP contribution in [0.25, 0.3) is 0 Å². The van der Waals surface area contributed by atoms with Gasteiger partial charge in [0.1, 0.15) is 11.5 Å². The number of rotatable bonds is 11. The summed E-state index contributed by atoms with van der Waals surface area (Å²) in [6, 6.07) is 14.5. The Morgan fingerprint density at radius 2 is 1.32 bits per heavy atom. The first-order valence-corrected chi connectivity index (χ1v) is 9.65. The predicted octanol–water partition coefficient (Wildman–Crippen LogP) is 2.51. The van der Waals surface area contributed by atoms with Gasteiger partial charge >= 0.3 is 0 Å². The Kier molecular flexibility index (Phi) is 8.29. The Hall–Kier alpha value is -2.57. The van der Waals surface area contributed by atoms with Gasteiger partial charge in [0.2, 0.25) is 5.91 Å². The van der Waals surface area contributed by atoms with Gasteiger partial charge in [-0.25, -0.2) is 0 Å². The highest BCUT2D eigenvalue weighted by Gasteiger charge is 2.24. The number of para-hydroxylation sites is 2. The number of nitrogens with one attached hydrogen (secondary N) is 3. The maximum atomic E-state index is 11.7. The van der Waals surface area contributed by atoms with Gasteiger partial charge in [-0.05, 0) is 12.1 Å². The van der Waals surface area contributed by atoms with Crippen LogP contribution in [0.15, 0.2) is 48.5 Å². The molecule has 0 aliphatic rings. The molecule has 0 spiro atoms. The van der Waals surface area contributed by atoms with Gasteiger partial charge in [-0.2, -0.15) is 0 Å². The summed E-state index contributed by atoms with van der Waals surface area (Å²) in [5.41, 5.74) is 1.44. The summed E-state index contributed by atoms with van der Waals surface area (Å²) in [6.07, 6.45) is 0.451. The molecule has 0 heterocycles. The van der Waals surface area contributed by atoms with Gasteiger partial charge in [0.15, 0.2) is 0 Å². The second-order valence-corrected chi connectivity index (χ2v) is 7.41. The smallest absolute Gasteiger partial charge is 0.219 e. The van der Waals surface area contributed by atoms with Crippen molar-refractivity contribution in [3.05, 3.63) is 59.7 Å². The SMILES string of the molecule is CCC(=O)NCC(C)(CNCc1ccccc1O)CNCc1ccccc1O. The first-order chi connectivity index (χ1) is 13.4. The van der Waals surface area contributed by atoms with E-state index in [1.807, 2.05) is 31.2 Å².